The van der Waals surface area contributed by atoms with Gasteiger partial charge in [0.2, 0.25) is 11.8 Å². The highest BCUT2D eigenvalue weighted by Gasteiger charge is 2.36. The minimum absolute atomic E-state index is 0.0792. The quantitative estimate of drug-likeness (QED) is 0.909. The number of nitrogens with one attached hydrogen (secondary N) is 1. The van der Waals surface area contributed by atoms with E-state index < -0.39 is 5.92 Å². The van der Waals surface area contributed by atoms with Crippen LogP contribution < -0.4 is 15.0 Å². The summed E-state index contributed by atoms with van der Waals surface area (Å²) >= 11 is 0. The van der Waals surface area contributed by atoms with E-state index in [2.05, 4.69) is 10.3 Å². The first-order chi connectivity index (χ1) is 12.1. The van der Waals surface area contributed by atoms with Gasteiger partial charge in [0.15, 0.2) is 0 Å². The Morgan fingerprint density at radius 2 is 2.16 bits per heavy atom. The number of hydrogen-bond acceptors (Lipinski definition) is 4. The molecule has 6 nitrogen and oxygen atoms in total. The molecule has 2 amide bonds. The molecule has 130 valence electrons. The molecule has 0 bridgehead atoms. The molecule has 1 unspecified atom stereocenters. The van der Waals surface area contributed by atoms with Crippen LogP contribution in [0.3, 0.4) is 0 Å². The number of amides is 2. The van der Waals surface area contributed by atoms with Crippen LogP contribution in [0, 0.1) is 12.8 Å². The molecular weight excluding hydrogens is 318 g/mol. The largest absolute Gasteiger partial charge is 0.492 e. The maximum atomic E-state index is 12.5. The molecule has 1 aliphatic rings. The summed E-state index contributed by atoms with van der Waals surface area (Å²) in [6.07, 6.45) is 1.83. The zero-order valence-corrected chi connectivity index (χ0v) is 14.4. The highest BCUT2D eigenvalue weighted by molar-refractivity contribution is 6.04. The summed E-state index contributed by atoms with van der Waals surface area (Å²) in [5, 5.41) is 2.80. The van der Waals surface area contributed by atoms with E-state index in [-0.39, 0.29) is 18.2 Å². The van der Waals surface area contributed by atoms with E-state index in [1.807, 2.05) is 44.2 Å². The van der Waals surface area contributed by atoms with Crippen molar-refractivity contribution in [2.24, 2.45) is 5.92 Å². The SMILES string of the molecule is CCOc1ccccc1N1CC(C(=O)Nc2cc(C)ccn2)CC1=O. The molecule has 1 atom stereocenters. The molecule has 1 aliphatic heterocycles. The lowest BCUT2D eigenvalue weighted by atomic mass is 10.1. The Morgan fingerprint density at radius 3 is 2.92 bits per heavy atom. The van der Waals surface area contributed by atoms with E-state index in [4.69, 9.17) is 4.74 Å². The first-order valence-electron chi connectivity index (χ1n) is 8.34. The number of ether oxygens (including phenoxy) is 1. The lowest BCUT2D eigenvalue weighted by molar-refractivity contribution is -0.122. The summed E-state index contributed by atoms with van der Waals surface area (Å²) in [6.45, 7) is 4.68. The zero-order chi connectivity index (χ0) is 17.8. The fraction of sp³-hybridized carbons (Fsp3) is 0.316. The minimum Gasteiger partial charge on any atom is -0.492 e. The van der Waals surface area contributed by atoms with Gasteiger partial charge in [0, 0.05) is 19.2 Å². The molecule has 0 spiro atoms. The summed E-state index contributed by atoms with van der Waals surface area (Å²) < 4.78 is 5.60. The van der Waals surface area contributed by atoms with E-state index in [1.165, 1.54) is 0 Å². The van der Waals surface area contributed by atoms with Crippen LogP contribution in [-0.4, -0.2) is 29.9 Å². The summed E-state index contributed by atoms with van der Waals surface area (Å²) in [7, 11) is 0. The lowest BCUT2D eigenvalue weighted by Gasteiger charge is -2.20. The van der Waals surface area contributed by atoms with Gasteiger partial charge in [-0.05, 0) is 43.7 Å². The Bertz CT molecular complexity index is 791. The second kappa shape index (κ2) is 7.34. The third-order valence-corrected chi connectivity index (χ3v) is 4.12. The Hall–Kier alpha value is -2.89. The number of hydrogen-bond donors (Lipinski definition) is 1. The molecule has 0 saturated carbocycles. The molecule has 1 fully saturated rings. The van der Waals surface area contributed by atoms with Crippen LogP contribution in [0.4, 0.5) is 11.5 Å². The van der Waals surface area contributed by atoms with Gasteiger partial charge in [-0.15, -0.1) is 0 Å². The van der Waals surface area contributed by atoms with E-state index in [0.29, 0.717) is 30.4 Å². The highest BCUT2D eigenvalue weighted by Crippen LogP contribution is 2.33. The lowest BCUT2D eigenvalue weighted by Crippen LogP contribution is -2.28. The normalized spacial score (nSPS) is 16.8. The number of anilines is 2. The van der Waals surface area contributed by atoms with E-state index >= 15 is 0 Å². The molecule has 25 heavy (non-hydrogen) atoms. The Morgan fingerprint density at radius 1 is 1.36 bits per heavy atom. The predicted octanol–water partition coefficient (Wildman–Crippen LogP) is 2.78. The molecular formula is C19H21N3O3. The van der Waals surface area contributed by atoms with Crippen molar-refractivity contribution in [3.63, 3.8) is 0 Å². The molecule has 3 rings (SSSR count). The fourth-order valence-corrected chi connectivity index (χ4v) is 2.91. The Labute approximate surface area is 146 Å². The number of aryl methyl sites for hydroxylation is 1. The van der Waals surface area contributed by atoms with Crippen molar-refractivity contribution in [3.05, 3.63) is 48.2 Å². The monoisotopic (exact) mass is 339 g/mol. The second-order valence-electron chi connectivity index (χ2n) is 6.01. The van der Waals surface area contributed by atoms with Gasteiger partial charge in [-0.25, -0.2) is 4.98 Å². The number of benzene rings is 1. The first-order valence-corrected chi connectivity index (χ1v) is 8.34. The molecule has 1 aromatic heterocycles. The van der Waals surface area contributed by atoms with Crippen LogP contribution in [-0.2, 0) is 9.59 Å². The molecule has 2 aromatic rings. The first kappa shape index (κ1) is 17.0. The maximum Gasteiger partial charge on any atom is 0.230 e. The van der Waals surface area contributed by atoms with Gasteiger partial charge in [-0.3, -0.25) is 9.59 Å². The van der Waals surface area contributed by atoms with Crippen LogP contribution in [0.15, 0.2) is 42.6 Å². The zero-order valence-electron chi connectivity index (χ0n) is 14.4. The number of carbonyl (C=O) groups is 2. The van der Waals surface area contributed by atoms with Crippen LogP contribution in [0.2, 0.25) is 0 Å². The molecule has 1 aromatic carbocycles. The molecule has 6 heteroatoms. The highest BCUT2D eigenvalue weighted by atomic mass is 16.5. The van der Waals surface area contributed by atoms with Gasteiger partial charge < -0.3 is 15.0 Å². The van der Waals surface area contributed by atoms with Crippen molar-refractivity contribution in [2.75, 3.05) is 23.4 Å². The average Bonchev–Trinajstić information content (AvgIpc) is 2.97. The number of rotatable bonds is 5. The summed E-state index contributed by atoms with van der Waals surface area (Å²) in [5.74, 6) is 0.474. The van der Waals surface area contributed by atoms with E-state index in [9.17, 15) is 9.59 Å². The third-order valence-electron chi connectivity index (χ3n) is 4.12. The minimum atomic E-state index is -0.413. The Kier molecular flexibility index (Phi) is 4.97. The molecule has 0 radical (unpaired) electrons. The molecule has 1 N–H and O–H groups in total. The van der Waals surface area contributed by atoms with Crippen molar-refractivity contribution in [3.8, 4) is 5.75 Å². The molecule has 2 heterocycles. The van der Waals surface area contributed by atoms with E-state index in [1.54, 1.807) is 17.2 Å². The Balaban J connectivity index is 1.73. The van der Waals surface area contributed by atoms with Crippen LogP contribution in [0.1, 0.15) is 18.9 Å². The van der Waals surface area contributed by atoms with Crippen LogP contribution >= 0.6 is 0 Å². The van der Waals surface area contributed by atoms with Crippen LogP contribution in [0.25, 0.3) is 0 Å². The topological polar surface area (TPSA) is 71.5 Å². The van der Waals surface area contributed by atoms with Gasteiger partial charge in [0.1, 0.15) is 11.6 Å². The van der Waals surface area contributed by atoms with Gasteiger partial charge in [0.25, 0.3) is 0 Å². The van der Waals surface area contributed by atoms with Crippen molar-refractivity contribution >= 4 is 23.3 Å². The maximum absolute atomic E-state index is 12.5. The second-order valence-corrected chi connectivity index (χ2v) is 6.01. The van der Waals surface area contributed by atoms with Gasteiger partial charge in [0.05, 0.1) is 18.2 Å². The molecule has 1 saturated heterocycles. The average molecular weight is 339 g/mol. The predicted molar refractivity (Wildman–Crippen MR) is 95.7 cm³/mol. The molecule has 0 aliphatic carbocycles. The van der Waals surface area contributed by atoms with Gasteiger partial charge in [-0.2, -0.15) is 0 Å². The smallest absolute Gasteiger partial charge is 0.230 e. The van der Waals surface area contributed by atoms with Crippen molar-refractivity contribution in [1.29, 1.82) is 0 Å². The number of para-hydroxylation sites is 2. The fourth-order valence-electron chi connectivity index (χ4n) is 2.91. The van der Waals surface area contributed by atoms with Crippen molar-refractivity contribution < 1.29 is 14.3 Å². The summed E-state index contributed by atoms with van der Waals surface area (Å²) in [5.41, 5.74) is 1.72. The van der Waals surface area contributed by atoms with Crippen molar-refractivity contribution in [2.45, 2.75) is 20.3 Å². The standard InChI is InChI=1S/C19H21N3O3/c1-3-25-16-7-5-4-6-15(16)22-12-14(11-18(22)23)19(24)21-17-10-13(2)8-9-20-17/h4-10,14H,3,11-12H2,1-2H3,(H,20,21,24). The van der Waals surface area contributed by atoms with Gasteiger partial charge >= 0.3 is 0 Å². The summed E-state index contributed by atoms with van der Waals surface area (Å²) in [4.78, 5) is 30.7. The number of carbonyl (C=O) groups excluding carboxylic acids is 2. The van der Waals surface area contributed by atoms with Crippen LogP contribution in [0.5, 0.6) is 5.75 Å². The van der Waals surface area contributed by atoms with Gasteiger partial charge in [-0.1, -0.05) is 12.1 Å². The summed E-state index contributed by atoms with van der Waals surface area (Å²) in [6, 6.07) is 11.1. The number of aromatic nitrogens is 1. The number of nitrogens with zero attached hydrogens (tertiary/aromatic N) is 2. The van der Waals surface area contributed by atoms with Crippen molar-refractivity contribution in [1.82, 2.24) is 4.98 Å². The number of pyridine rings is 1. The van der Waals surface area contributed by atoms with E-state index in [0.717, 1.165) is 5.56 Å². The third kappa shape index (κ3) is 3.79.